The number of hydrogen-bond donors (Lipinski definition) is 2. The number of carbonyl (C=O) groups is 2. The van der Waals surface area contributed by atoms with Gasteiger partial charge in [-0.3, -0.25) is 14.5 Å². The number of benzene rings is 1. The van der Waals surface area contributed by atoms with Crippen LogP contribution in [-0.4, -0.2) is 39.1 Å². The largest absolute Gasteiger partial charge is 0.504 e. The first-order valence-corrected chi connectivity index (χ1v) is 8.62. The highest BCUT2D eigenvalue weighted by Gasteiger charge is 2.20. The molecule has 3 rings (SSSR count). The Hall–Kier alpha value is -2.91. The van der Waals surface area contributed by atoms with Crippen LogP contribution in [0.3, 0.4) is 0 Å². The highest BCUT2D eigenvalue weighted by molar-refractivity contribution is 9.10. The second-order valence-corrected chi connectivity index (χ2v) is 6.49. The van der Waals surface area contributed by atoms with Gasteiger partial charge in [0.2, 0.25) is 12.3 Å². The van der Waals surface area contributed by atoms with E-state index in [1.807, 2.05) is 0 Å². The molecule has 10 heteroatoms. The Morgan fingerprint density at radius 1 is 1.30 bits per heavy atom. The van der Waals surface area contributed by atoms with Crippen LogP contribution in [0.4, 0.5) is 5.82 Å². The van der Waals surface area contributed by atoms with Gasteiger partial charge in [-0.05, 0) is 40.2 Å². The average molecular weight is 453 g/mol. The van der Waals surface area contributed by atoms with E-state index in [0.29, 0.717) is 10.8 Å². The standard InChI is InChI=1S/C17H11BrClN3O5/c18-16-14-11(15(26)17(21-16)22(8-23)7-13(24)25)4-5-12(20-14)27-10-3-1-2-9(19)6-10/h1-6,8,26H,7H2,(H,24,25). The molecule has 2 heterocycles. The minimum Gasteiger partial charge on any atom is -0.504 e. The number of carbonyl (C=O) groups excluding carboxylic acids is 1. The number of rotatable bonds is 6. The molecule has 0 radical (unpaired) electrons. The number of carboxylic acids is 1. The van der Waals surface area contributed by atoms with Gasteiger partial charge in [0.15, 0.2) is 11.6 Å². The van der Waals surface area contributed by atoms with Crippen molar-refractivity contribution >= 4 is 56.6 Å². The summed E-state index contributed by atoms with van der Waals surface area (Å²) in [5.41, 5.74) is 0.275. The molecule has 2 aromatic heterocycles. The Labute approximate surface area is 166 Å². The quantitative estimate of drug-likeness (QED) is 0.434. The zero-order valence-corrected chi connectivity index (χ0v) is 15.8. The molecule has 0 fully saturated rings. The summed E-state index contributed by atoms with van der Waals surface area (Å²) < 4.78 is 5.85. The summed E-state index contributed by atoms with van der Waals surface area (Å²) in [6.07, 6.45) is 0.276. The zero-order chi connectivity index (χ0) is 19.6. The number of aromatic hydroxyl groups is 1. The van der Waals surface area contributed by atoms with Crippen LogP contribution in [0.2, 0.25) is 5.02 Å². The number of anilines is 1. The molecular formula is C17H11BrClN3O5. The fourth-order valence-electron chi connectivity index (χ4n) is 2.33. The van der Waals surface area contributed by atoms with E-state index in [2.05, 4.69) is 25.9 Å². The highest BCUT2D eigenvalue weighted by Crippen LogP contribution is 2.37. The summed E-state index contributed by atoms with van der Waals surface area (Å²) in [5.74, 6) is -1.10. The van der Waals surface area contributed by atoms with Gasteiger partial charge in [0.25, 0.3) is 0 Å². The van der Waals surface area contributed by atoms with Crippen molar-refractivity contribution in [3.05, 3.63) is 46.0 Å². The van der Waals surface area contributed by atoms with Crippen molar-refractivity contribution in [1.82, 2.24) is 9.97 Å². The Balaban J connectivity index is 2.03. The minimum atomic E-state index is -1.25. The summed E-state index contributed by atoms with van der Waals surface area (Å²) >= 11 is 9.15. The lowest BCUT2D eigenvalue weighted by Crippen LogP contribution is -2.29. The summed E-state index contributed by atoms with van der Waals surface area (Å²) in [6, 6.07) is 9.80. The second-order valence-electron chi connectivity index (χ2n) is 5.31. The molecule has 1 aromatic carbocycles. The molecule has 0 saturated heterocycles. The summed E-state index contributed by atoms with van der Waals surface area (Å²) in [5, 5.41) is 20.1. The normalized spacial score (nSPS) is 10.6. The highest BCUT2D eigenvalue weighted by atomic mass is 79.9. The van der Waals surface area contributed by atoms with Crippen molar-refractivity contribution < 1.29 is 24.5 Å². The van der Waals surface area contributed by atoms with Crippen molar-refractivity contribution in [1.29, 1.82) is 0 Å². The lowest BCUT2D eigenvalue weighted by molar-refractivity contribution is -0.136. The summed E-state index contributed by atoms with van der Waals surface area (Å²) in [6.45, 7) is -0.647. The van der Waals surface area contributed by atoms with E-state index < -0.39 is 12.5 Å². The van der Waals surface area contributed by atoms with Crippen molar-refractivity contribution in [2.45, 2.75) is 0 Å². The van der Waals surface area contributed by atoms with Crippen LogP contribution in [0.25, 0.3) is 10.9 Å². The lowest BCUT2D eigenvalue weighted by atomic mass is 10.2. The Bertz CT molecular complexity index is 1050. The van der Waals surface area contributed by atoms with Gasteiger partial charge < -0.3 is 14.9 Å². The van der Waals surface area contributed by atoms with Gasteiger partial charge >= 0.3 is 5.97 Å². The maximum absolute atomic E-state index is 11.2. The van der Waals surface area contributed by atoms with Crippen molar-refractivity contribution in [2.75, 3.05) is 11.4 Å². The number of amides is 1. The van der Waals surface area contributed by atoms with E-state index >= 15 is 0 Å². The third kappa shape index (κ3) is 4.09. The van der Waals surface area contributed by atoms with Crippen molar-refractivity contribution in [3.8, 4) is 17.4 Å². The lowest BCUT2D eigenvalue weighted by Gasteiger charge is -2.17. The van der Waals surface area contributed by atoms with Gasteiger partial charge in [0.05, 0.1) is 0 Å². The summed E-state index contributed by atoms with van der Waals surface area (Å²) in [7, 11) is 0. The number of halogens is 2. The number of aliphatic carboxylic acids is 1. The van der Waals surface area contributed by atoms with Gasteiger partial charge in [-0.15, -0.1) is 0 Å². The van der Waals surface area contributed by atoms with Crippen LogP contribution in [0.15, 0.2) is 41.0 Å². The average Bonchev–Trinajstić information content (AvgIpc) is 2.63. The van der Waals surface area contributed by atoms with Crippen LogP contribution >= 0.6 is 27.5 Å². The van der Waals surface area contributed by atoms with Gasteiger partial charge in [-0.25, -0.2) is 9.97 Å². The molecule has 0 spiro atoms. The van der Waals surface area contributed by atoms with Crippen LogP contribution in [0.5, 0.6) is 17.4 Å². The molecular weight excluding hydrogens is 442 g/mol. The van der Waals surface area contributed by atoms with Gasteiger partial charge in [-0.1, -0.05) is 17.7 Å². The first-order valence-electron chi connectivity index (χ1n) is 7.45. The predicted molar refractivity (Wildman–Crippen MR) is 101 cm³/mol. The molecule has 0 aliphatic rings. The number of nitrogens with zero attached hydrogens (tertiary/aromatic N) is 3. The Morgan fingerprint density at radius 3 is 2.74 bits per heavy atom. The zero-order valence-electron chi connectivity index (χ0n) is 13.5. The number of hydrogen-bond acceptors (Lipinski definition) is 6. The maximum Gasteiger partial charge on any atom is 0.323 e. The fourth-order valence-corrected chi connectivity index (χ4v) is 2.98. The SMILES string of the molecule is O=CN(CC(=O)O)c1nc(Br)c2nc(Oc3cccc(Cl)c3)ccc2c1O. The third-order valence-corrected chi connectivity index (χ3v) is 4.25. The smallest absolute Gasteiger partial charge is 0.323 e. The molecule has 0 unspecified atom stereocenters. The molecule has 2 N–H and O–H groups in total. The summed E-state index contributed by atoms with van der Waals surface area (Å²) in [4.78, 5) is 31.2. The van der Waals surface area contributed by atoms with Gasteiger partial charge in [0.1, 0.15) is 22.4 Å². The molecule has 27 heavy (non-hydrogen) atoms. The third-order valence-electron chi connectivity index (χ3n) is 3.46. The van der Waals surface area contributed by atoms with Crippen molar-refractivity contribution in [3.63, 3.8) is 0 Å². The van der Waals surface area contributed by atoms with E-state index in [1.54, 1.807) is 24.3 Å². The molecule has 8 nitrogen and oxygen atoms in total. The molecule has 0 atom stereocenters. The van der Waals surface area contributed by atoms with Crippen LogP contribution < -0.4 is 9.64 Å². The van der Waals surface area contributed by atoms with Gasteiger partial charge in [-0.2, -0.15) is 0 Å². The van der Waals surface area contributed by atoms with Crippen LogP contribution in [-0.2, 0) is 9.59 Å². The fraction of sp³-hybridized carbons (Fsp3) is 0.0588. The minimum absolute atomic E-state index is 0.197. The monoisotopic (exact) mass is 451 g/mol. The van der Waals surface area contributed by atoms with E-state index in [-0.39, 0.29) is 39.4 Å². The van der Waals surface area contributed by atoms with E-state index in [0.717, 1.165) is 4.90 Å². The van der Waals surface area contributed by atoms with E-state index in [4.69, 9.17) is 21.4 Å². The number of pyridine rings is 2. The molecule has 0 aliphatic carbocycles. The first kappa shape index (κ1) is 18.9. The second kappa shape index (κ2) is 7.77. The topological polar surface area (TPSA) is 113 Å². The van der Waals surface area contributed by atoms with Crippen LogP contribution in [0.1, 0.15) is 0 Å². The van der Waals surface area contributed by atoms with Crippen LogP contribution in [0, 0.1) is 0 Å². The molecule has 0 bridgehead atoms. The number of ether oxygens (including phenoxy) is 1. The van der Waals surface area contributed by atoms with Gasteiger partial charge in [0, 0.05) is 16.5 Å². The molecule has 0 saturated carbocycles. The number of carboxylic acid groups (broad SMARTS) is 1. The molecule has 138 valence electrons. The first-order chi connectivity index (χ1) is 12.9. The molecule has 0 aliphatic heterocycles. The predicted octanol–water partition coefficient (Wildman–Crippen LogP) is 3.59. The number of fused-ring (bicyclic) bond motifs is 1. The Morgan fingerprint density at radius 2 is 2.07 bits per heavy atom. The van der Waals surface area contributed by atoms with E-state index in [9.17, 15) is 14.7 Å². The number of aromatic nitrogens is 2. The maximum atomic E-state index is 11.2. The molecule has 1 amide bonds. The Kier molecular flexibility index (Phi) is 5.43. The van der Waals surface area contributed by atoms with Crippen molar-refractivity contribution in [2.24, 2.45) is 0 Å². The molecule has 3 aromatic rings. The van der Waals surface area contributed by atoms with E-state index in [1.165, 1.54) is 12.1 Å².